The Morgan fingerprint density at radius 3 is 2.32 bits per heavy atom. The molecule has 1 heterocycles. The lowest BCUT2D eigenvalue weighted by Crippen LogP contribution is -3.28. The number of hydrogen-bond acceptors (Lipinski definition) is 4. The van der Waals surface area contributed by atoms with Gasteiger partial charge in [-0.3, -0.25) is 4.79 Å². The predicted octanol–water partition coefficient (Wildman–Crippen LogP) is -2.52. The number of piperazine rings is 1. The van der Waals surface area contributed by atoms with Gasteiger partial charge in [-0.1, -0.05) is 54.6 Å². The van der Waals surface area contributed by atoms with Crippen LogP contribution in [-0.4, -0.2) is 50.8 Å². The van der Waals surface area contributed by atoms with Gasteiger partial charge in [0.1, 0.15) is 32.7 Å². The van der Waals surface area contributed by atoms with E-state index in [-0.39, 0.29) is 11.5 Å². The molecule has 0 radical (unpaired) electrons. The molecule has 0 aliphatic carbocycles. The van der Waals surface area contributed by atoms with Crippen molar-refractivity contribution in [3.8, 4) is 0 Å². The average molecular weight is 381 g/mol. The molecule has 0 aromatic heterocycles. The number of carbonyl (C=O) groups is 2. The molecule has 3 N–H and O–H groups in total. The number of amides is 1. The maximum Gasteiger partial charge on any atom is 0.295 e. The summed E-state index contributed by atoms with van der Waals surface area (Å²) in [6.45, 7) is 5.31. The van der Waals surface area contributed by atoms with Crippen molar-refractivity contribution in [2.75, 3.05) is 32.7 Å². The van der Waals surface area contributed by atoms with E-state index in [1.807, 2.05) is 6.07 Å². The molecule has 0 unspecified atom stereocenters. The largest absolute Gasteiger partial charge is 0.545 e. The zero-order valence-electron chi connectivity index (χ0n) is 15.7. The number of hydrazone groups is 1. The molecule has 1 aliphatic rings. The summed E-state index contributed by atoms with van der Waals surface area (Å²) >= 11 is 0. The summed E-state index contributed by atoms with van der Waals surface area (Å²) in [5.74, 6) is -1.45. The van der Waals surface area contributed by atoms with Crippen molar-refractivity contribution in [2.24, 2.45) is 5.10 Å². The van der Waals surface area contributed by atoms with E-state index in [0.717, 1.165) is 32.7 Å². The number of nitrogens with one attached hydrogen (secondary N) is 3. The van der Waals surface area contributed by atoms with E-state index in [2.05, 4.69) is 34.8 Å². The molecule has 1 fully saturated rings. The van der Waals surface area contributed by atoms with E-state index in [4.69, 9.17) is 0 Å². The summed E-state index contributed by atoms with van der Waals surface area (Å²) < 4.78 is 0. The van der Waals surface area contributed by atoms with Crippen LogP contribution in [0.2, 0.25) is 0 Å². The third-order valence-corrected chi connectivity index (χ3v) is 4.95. The van der Waals surface area contributed by atoms with Gasteiger partial charge in [0.25, 0.3) is 5.91 Å². The van der Waals surface area contributed by atoms with Gasteiger partial charge in [0.05, 0.1) is 12.2 Å². The maximum absolute atomic E-state index is 12.1. The van der Waals surface area contributed by atoms with Crippen molar-refractivity contribution in [1.29, 1.82) is 0 Å². The number of hydrogen-bond donors (Lipinski definition) is 3. The van der Waals surface area contributed by atoms with Crippen molar-refractivity contribution in [2.45, 2.75) is 6.54 Å². The summed E-state index contributed by atoms with van der Waals surface area (Å²) in [4.78, 5) is 25.9. The summed E-state index contributed by atoms with van der Waals surface area (Å²) in [7, 11) is 0. The number of rotatable bonds is 7. The third kappa shape index (κ3) is 5.73. The summed E-state index contributed by atoms with van der Waals surface area (Å²) in [5.41, 5.74) is 4.26. The highest BCUT2D eigenvalue weighted by Crippen LogP contribution is 2.04. The number of aromatic carboxylic acids is 1. The first-order valence-corrected chi connectivity index (χ1v) is 9.45. The highest BCUT2D eigenvalue weighted by atomic mass is 16.4. The second-order valence-electron chi connectivity index (χ2n) is 7.01. The Morgan fingerprint density at radius 2 is 1.61 bits per heavy atom. The molecular weight excluding hydrogens is 356 g/mol. The van der Waals surface area contributed by atoms with Crippen LogP contribution in [0.5, 0.6) is 0 Å². The van der Waals surface area contributed by atoms with Gasteiger partial charge >= 0.3 is 0 Å². The molecule has 1 amide bonds. The number of carboxylic acid groups (broad SMARTS) is 1. The zero-order valence-corrected chi connectivity index (χ0v) is 15.7. The fourth-order valence-corrected chi connectivity index (χ4v) is 3.43. The van der Waals surface area contributed by atoms with Gasteiger partial charge in [-0.15, -0.1) is 0 Å². The second kappa shape index (κ2) is 9.77. The lowest BCUT2D eigenvalue weighted by Gasteiger charge is -2.29. The minimum absolute atomic E-state index is 0.0450. The molecule has 2 aromatic rings. The van der Waals surface area contributed by atoms with Crippen molar-refractivity contribution in [3.05, 3.63) is 71.3 Å². The monoisotopic (exact) mass is 381 g/mol. The van der Waals surface area contributed by atoms with E-state index < -0.39 is 5.97 Å². The van der Waals surface area contributed by atoms with E-state index in [1.54, 1.807) is 18.2 Å². The van der Waals surface area contributed by atoms with E-state index in [1.165, 1.54) is 27.6 Å². The molecule has 28 heavy (non-hydrogen) atoms. The van der Waals surface area contributed by atoms with Crippen LogP contribution in [-0.2, 0) is 11.3 Å². The molecule has 0 saturated carbocycles. The Labute approximate surface area is 164 Å². The zero-order chi connectivity index (χ0) is 19.8. The van der Waals surface area contributed by atoms with Gasteiger partial charge in [-0.05, 0) is 0 Å². The quantitative estimate of drug-likeness (QED) is 0.365. The molecule has 0 atom stereocenters. The molecule has 2 aromatic carbocycles. The Morgan fingerprint density at radius 1 is 0.964 bits per heavy atom. The normalized spacial score (nSPS) is 19.4. The van der Waals surface area contributed by atoms with Gasteiger partial charge in [0.15, 0.2) is 6.54 Å². The summed E-state index contributed by atoms with van der Waals surface area (Å²) in [5, 5.41) is 14.9. The Balaban J connectivity index is 1.42. The molecule has 7 heteroatoms. The number of carbonyl (C=O) groups excluding carboxylic acids is 2. The molecule has 7 nitrogen and oxygen atoms in total. The van der Waals surface area contributed by atoms with Crippen molar-refractivity contribution in [3.63, 3.8) is 0 Å². The van der Waals surface area contributed by atoms with Gasteiger partial charge in [0.2, 0.25) is 0 Å². The van der Waals surface area contributed by atoms with Crippen LogP contribution >= 0.6 is 0 Å². The third-order valence-electron chi connectivity index (χ3n) is 4.95. The van der Waals surface area contributed by atoms with Crippen molar-refractivity contribution >= 4 is 18.1 Å². The Kier molecular flexibility index (Phi) is 6.89. The first-order valence-electron chi connectivity index (χ1n) is 9.45. The van der Waals surface area contributed by atoms with Crippen LogP contribution < -0.4 is 20.3 Å². The van der Waals surface area contributed by atoms with Crippen molar-refractivity contribution < 1.29 is 24.5 Å². The first kappa shape index (κ1) is 19.7. The van der Waals surface area contributed by atoms with Crippen LogP contribution in [0.15, 0.2) is 59.7 Å². The first-order chi connectivity index (χ1) is 13.6. The lowest BCUT2D eigenvalue weighted by molar-refractivity contribution is -1.02. The molecule has 0 spiro atoms. The fraction of sp³-hybridized carbons (Fsp3) is 0.286. The molecular formula is C21H25N4O3+. The summed E-state index contributed by atoms with van der Waals surface area (Å²) in [6.07, 6.45) is 1.33. The van der Waals surface area contributed by atoms with E-state index in [0.29, 0.717) is 12.1 Å². The second-order valence-corrected chi connectivity index (χ2v) is 7.01. The van der Waals surface area contributed by atoms with Crippen LogP contribution in [0.1, 0.15) is 21.5 Å². The van der Waals surface area contributed by atoms with Crippen molar-refractivity contribution in [1.82, 2.24) is 5.43 Å². The number of carboxylic acids is 1. The lowest BCUT2D eigenvalue weighted by atomic mass is 10.1. The fourth-order valence-electron chi connectivity index (χ4n) is 3.43. The van der Waals surface area contributed by atoms with Gasteiger partial charge in [0, 0.05) is 16.7 Å². The minimum Gasteiger partial charge on any atom is -0.545 e. The predicted molar refractivity (Wildman–Crippen MR) is 103 cm³/mol. The minimum atomic E-state index is -1.27. The van der Waals surface area contributed by atoms with Crippen LogP contribution in [0, 0.1) is 0 Å². The number of quaternary nitrogens is 2. The number of benzene rings is 2. The van der Waals surface area contributed by atoms with Crippen LogP contribution in [0.4, 0.5) is 0 Å². The van der Waals surface area contributed by atoms with Crippen LogP contribution in [0.25, 0.3) is 0 Å². The molecule has 1 saturated heterocycles. The highest BCUT2D eigenvalue weighted by molar-refractivity contribution is 5.97. The smallest absolute Gasteiger partial charge is 0.295 e. The van der Waals surface area contributed by atoms with Crippen LogP contribution in [0.3, 0.4) is 0 Å². The average Bonchev–Trinajstić information content (AvgIpc) is 2.70. The maximum atomic E-state index is 12.1. The molecule has 146 valence electrons. The SMILES string of the molecule is O=C(C[NH+]1CC[NH+](Cc2ccccc2)CC1)N/N=C/c1ccccc1C(=O)[O-]. The number of nitrogens with zero attached hydrogens (tertiary/aromatic N) is 1. The standard InChI is InChI=1S/C21H24N4O3/c26-20(23-22-14-18-8-4-5-9-19(18)21(27)28)16-25-12-10-24(11-13-25)15-17-6-2-1-3-7-17/h1-9,14H,10-13,15-16H2,(H,23,26)(H,27,28)/p+1/b22-14+. The summed E-state index contributed by atoms with van der Waals surface area (Å²) in [6, 6.07) is 16.8. The van der Waals surface area contributed by atoms with Gasteiger partial charge < -0.3 is 19.7 Å². The van der Waals surface area contributed by atoms with E-state index in [9.17, 15) is 14.7 Å². The Bertz CT molecular complexity index is 831. The molecule has 1 aliphatic heterocycles. The van der Waals surface area contributed by atoms with E-state index >= 15 is 0 Å². The highest BCUT2D eigenvalue weighted by Gasteiger charge is 2.24. The van der Waals surface area contributed by atoms with Gasteiger partial charge in [-0.2, -0.15) is 5.10 Å². The molecule has 0 bridgehead atoms. The topological polar surface area (TPSA) is 90.5 Å². The van der Waals surface area contributed by atoms with Gasteiger partial charge in [-0.25, -0.2) is 5.43 Å². The Hall–Kier alpha value is -3.03. The molecule has 3 rings (SSSR count).